The lowest BCUT2D eigenvalue weighted by atomic mass is 10.0. The fraction of sp³-hybridized carbons (Fsp3) is 0.467. The van der Waals surface area contributed by atoms with Gasteiger partial charge in [0.05, 0.1) is 23.8 Å². The highest BCUT2D eigenvalue weighted by molar-refractivity contribution is 5.84. The molecule has 0 unspecified atom stereocenters. The van der Waals surface area contributed by atoms with Gasteiger partial charge >= 0.3 is 0 Å². The molecule has 19 heavy (non-hydrogen) atoms. The van der Waals surface area contributed by atoms with Gasteiger partial charge in [-0.2, -0.15) is 5.26 Å². The summed E-state index contributed by atoms with van der Waals surface area (Å²) in [6.45, 7) is 0.520. The molecule has 4 heteroatoms. The zero-order valence-electron chi connectivity index (χ0n) is 10.8. The summed E-state index contributed by atoms with van der Waals surface area (Å²) in [7, 11) is 0. The number of β-amino-alcohol motifs (C(OH)–C–C–N with tert-alkyl or cyclic N) is 1. The van der Waals surface area contributed by atoms with E-state index in [4.69, 9.17) is 5.26 Å². The highest BCUT2D eigenvalue weighted by atomic mass is 16.3. The number of hydrogen-bond donors (Lipinski definition) is 2. The van der Waals surface area contributed by atoms with Crippen molar-refractivity contribution in [2.24, 2.45) is 0 Å². The van der Waals surface area contributed by atoms with Gasteiger partial charge in [-0.25, -0.2) is 0 Å². The molecule has 0 radical (unpaired) electrons. The fourth-order valence-corrected chi connectivity index (χ4v) is 2.35. The average molecular weight is 258 g/mol. The Hall–Kier alpha value is -1.70. The van der Waals surface area contributed by atoms with Crippen molar-refractivity contribution >= 4 is 5.78 Å². The number of hydrogen-bond acceptors (Lipinski definition) is 4. The van der Waals surface area contributed by atoms with E-state index in [2.05, 4.69) is 11.4 Å². The predicted octanol–water partition coefficient (Wildman–Crippen LogP) is 1.17. The van der Waals surface area contributed by atoms with Gasteiger partial charge in [-0.3, -0.25) is 4.79 Å². The highest BCUT2D eigenvalue weighted by Gasteiger charge is 2.27. The van der Waals surface area contributed by atoms with Crippen LogP contribution in [0.2, 0.25) is 0 Å². The molecule has 4 nitrogen and oxygen atoms in total. The number of nitrogens with one attached hydrogen (secondary N) is 1. The van der Waals surface area contributed by atoms with Crippen LogP contribution in [0.1, 0.15) is 30.4 Å². The lowest BCUT2D eigenvalue weighted by molar-refractivity contribution is -0.120. The van der Waals surface area contributed by atoms with Crippen LogP contribution in [-0.4, -0.2) is 29.6 Å². The average Bonchev–Trinajstić information content (AvgIpc) is 2.86. The van der Waals surface area contributed by atoms with Crippen LogP contribution in [-0.2, 0) is 11.2 Å². The van der Waals surface area contributed by atoms with E-state index < -0.39 is 0 Å². The van der Waals surface area contributed by atoms with Crippen LogP contribution in [0.5, 0.6) is 0 Å². The van der Waals surface area contributed by atoms with Crippen molar-refractivity contribution in [3.8, 4) is 6.07 Å². The molecule has 0 bridgehead atoms. The largest absolute Gasteiger partial charge is 0.392 e. The van der Waals surface area contributed by atoms with Crippen molar-refractivity contribution in [2.75, 3.05) is 6.54 Å². The van der Waals surface area contributed by atoms with Crippen LogP contribution in [0.4, 0.5) is 0 Å². The van der Waals surface area contributed by atoms with Crippen LogP contribution >= 0.6 is 0 Å². The molecule has 2 rings (SSSR count). The van der Waals surface area contributed by atoms with Gasteiger partial charge < -0.3 is 10.4 Å². The summed E-state index contributed by atoms with van der Waals surface area (Å²) >= 11 is 0. The Morgan fingerprint density at radius 3 is 2.74 bits per heavy atom. The molecule has 1 fully saturated rings. The first-order valence-corrected chi connectivity index (χ1v) is 6.62. The standard InChI is InChI=1S/C15H18N2O2/c16-9-12-6-4-11(5-7-12)2-1-3-15(19)14-8-13(18)10-17-14/h4-7,13-14,17-18H,1-3,8,10H2/t13-,14+/m1/s1. The minimum atomic E-state index is -0.382. The molecule has 1 aromatic carbocycles. The van der Waals surface area contributed by atoms with Gasteiger partial charge in [0.1, 0.15) is 5.78 Å². The molecule has 1 aliphatic heterocycles. The van der Waals surface area contributed by atoms with Gasteiger partial charge in [0.15, 0.2) is 0 Å². The SMILES string of the molecule is N#Cc1ccc(CCCC(=O)[C@@H]2C[C@@H](O)CN2)cc1. The molecule has 0 spiro atoms. The van der Waals surface area contributed by atoms with E-state index in [0.717, 1.165) is 18.4 Å². The number of ketones is 1. The number of aliphatic hydroxyl groups excluding tert-OH is 1. The molecule has 1 saturated heterocycles. The monoisotopic (exact) mass is 258 g/mol. The summed E-state index contributed by atoms with van der Waals surface area (Å²) in [6.07, 6.45) is 2.33. The number of nitriles is 1. The second kappa shape index (κ2) is 6.46. The Morgan fingerprint density at radius 2 is 2.16 bits per heavy atom. The first-order valence-electron chi connectivity index (χ1n) is 6.62. The molecule has 2 N–H and O–H groups in total. The molecule has 0 saturated carbocycles. The topological polar surface area (TPSA) is 73.1 Å². The third-order valence-electron chi connectivity index (χ3n) is 3.47. The molecular weight excluding hydrogens is 240 g/mol. The van der Waals surface area contributed by atoms with Gasteiger partial charge in [0.25, 0.3) is 0 Å². The number of aryl methyl sites for hydroxylation is 1. The van der Waals surface area contributed by atoms with Crippen LogP contribution in [0.15, 0.2) is 24.3 Å². The van der Waals surface area contributed by atoms with Crippen molar-refractivity contribution in [1.82, 2.24) is 5.32 Å². The van der Waals surface area contributed by atoms with Gasteiger partial charge in [-0.1, -0.05) is 12.1 Å². The molecule has 0 amide bonds. The number of Topliss-reactive ketones (excluding diaryl/α,β-unsaturated/α-hetero) is 1. The number of aliphatic hydroxyl groups is 1. The van der Waals surface area contributed by atoms with E-state index in [9.17, 15) is 9.90 Å². The fourth-order valence-electron chi connectivity index (χ4n) is 2.35. The lowest BCUT2D eigenvalue weighted by Crippen LogP contribution is -2.30. The van der Waals surface area contributed by atoms with E-state index in [0.29, 0.717) is 24.9 Å². The van der Waals surface area contributed by atoms with Gasteiger partial charge in [-0.05, 0) is 37.0 Å². The van der Waals surface area contributed by atoms with Crippen LogP contribution in [0.25, 0.3) is 0 Å². The molecule has 0 aromatic heterocycles. The van der Waals surface area contributed by atoms with Crippen LogP contribution in [0, 0.1) is 11.3 Å². The van der Waals surface area contributed by atoms with Crippen LogP contribution in [0.3, 0.4) is 0 Å². The molecule has 1 aromatic rings. The normalized spacial score (nSPS) is 22.1. The lowest BCUT2D eigenvalue weighted by Gasteiger charge is -2.08. The molecule has 1 aliphatic rings. The zero-order chi connectivity index (χ0) is 13.7. The van der Waals surface area contributed by atoms with Crippen molar-refractivity contribution in [3.63, 3.8) is 0 Å². The van der Waals surface area contributed by atoms with Gasteiger partial charge in [-0.15, -0.1) is 0 Å². The minimum absolute atomic E-state index is 0.170. The number of rotatable bonds is 5. The molecule has 100 valence electrons. The van der Waals surface area contributed by atoms with Crippen molar-refractivity contribution < 1.29 is 9.90 Å². The molecule has 2 atom stereocenters. The van der Waals surface area contributed by atoms with Gasteiger partial charge in [0, 0.05) is 13.0 Å². The predicted molar refractivity (Wildman–Crippen MR) is 71.5 cm³/mol. The quantitative estimate of drug-likeness (QED) is 0.831. The summed E-state index contributed by atoms with van der Waals surface area (Å²) in [5, 5.41) is 21.1. The first kappa shape index (κ1) is 13.7. The molecule has 1 heterocycles. The van der Waals surface area contributed by atoms with E-state index in [1.54, 1.807) is 12.1 Å². The molecule has 0 aliphatic carbocycles. The Bertz CT molecular complexity index is 476. The van der Waals surface area contributed by atoms with Crippen molar-refractivity contribution in [3.05, 3.63) is 35.4 Å². The first-order chi connectivity index (χ1) is 9.19. The Balaban J connectivity index is 1.74. The van der Waals surface area contributed by atoms with E-state index in [1.807, 2.05) is 12.1 Å². The third kappa shape index (κ3) is 3.88. The Kier molecular flexibility index (Phi) is 4.67. The van der Waals surface area contributed by atoms with Gasteiger partial charge in [0.2, 0.25) is 0 Å². The maximum atomic E-state index is 11.9. The zero-order valence-corrected chi connectivity index (χ0v) is 10.8. The summed E-state index contributed by atoms with van der Waals surface area (Å²) < 4.78 is 0. The van der Waals surface area contributed by atoms with E-state index in [-0.39, 0.29) is 17.9 Å². The molecular formula is C15H18N2O2. The number of carbonyl (C=O) groups is 1. The number of carbonyl (C=O) groups excluding carboxylic acids is 1. The summed E-state index contributed by atoms with van der Waals surface area (Å²) in [5.74, 6) is 0.185. The number of nitrogens with zero attached hydrogens (tertiary/aromatic N) is 1. The summed E-state index contributed by atoms with van der Waals surface area (Å²) in [6, 6.07) is 9.37. The maximum absolute atomic E-state index is 11.9. The highest BCUT2D eigenvalue weighted by Crippen LogP contribution is 2.12. The third-order valence-corrected chi connectivity index (χ3v) is 3.47. The van der Waals surface area contributed by atoms with E-state index >= 15 is 0 Å². The van der Waals surface area contributed by atoms with Crippen molar-refractivity contribution in [1.29, 1.82) is 5.26 Å². The minimum Gasteiger partial charge on any atom is -0.392 e. The van der Waals surface area contributed by atoms with E-state index in [1.165, 1.54) is 0 Å². The van der Waals surface area contributed by atoms with Crippen molar-refractivity contribution in [2.45, 2.75) is 37.8 Å². The smallest absolute Gasteiger partial charge is 0.149 e. The second-order valence-corrected chi connectivity index (χ2v) is 4.98. The summed E-state index contributed by atoms with van der Waals surface area (Å²) in [5.41, 5.74) is 1.80. The number of benzene rings is 1. The Morgan fingerprint density at radius 1 is 1.42 bits per heavy atom. The van der Waals surface area contributed by atoms with Crippen LogP contribution < -0.4 is 5.32 Å². The maximum Gasteiger partial charge on any atom is 0.149 e. The second-order valence-electron chi connectivity index (χ2n) is 4.98. The summed E-state index contributed by atoms with van der Waals surface area (Å²) in [4.78, 5) is 11.9. The Labute approximate surface area is 113 Å².